The van der Waals surface area contributed by atoms with Gasteiger partial charge in [-0.3, -0.25) is 0 Å². The Bertz CT molecular complexity index is 164. The van der Waals surface area contributed by atoms with E-state index in [0.717, 1.165) is 12.8 Å². The number of nitrogens with two attached hydrogens (primary N) is 1. The van der Waals surface area contributed by atoms with E-state index < -0.39 is 0 Å². The van der Waals surface area contributed by atoms with Crippen LogP contribution in [0.1, 0.15) is 26.2 Å². The Hall–Kier alpha value is 0.230. The summed E-state index contributed by atoms with van der Waals surface area (Å²) in [4.78, 5) is 0. The third kappa shape index (κ3) is 3.42. The summed E-state index contributed by atoms with van der Waals surface area (Å²) in [6.07, 6.45) is 5.43. The smallest absolute Gasteiger partial charge is 0.0564 e. The van der Waals surface area contributed by atoms with Crippen molar-refractivity contribution in [3.8, 4) is 0 Å². The third-order valence-electron chi connectivity index (χ3n) is 3.01. The predicted octanol–water partition coefficient (Wildman–Crippen LogP) is 0.568. The molecule has 14 heavy (non-hydrogen) atoms. The molecular formula is C10H22N2OS. The van der Waals surface area contributed by atoms with E-state index in [-0.39, 0.29) is 6.61 Å². The van der Waals surface area contributed by atoms with Crippen LogP contribution < -0.4 is 11.1 Å². The standard InChI is InChI=1S/C10H22N2OS/c1-7(10(6-13)14-2)12-9-4-3-8(11)5-9/h7-10,12-13H,3-6,11H2,1-2H3. The van der Waals surface area contributed by atoms with Gasteiger partial charge in [0, 0.05) is 23.4 Å². The Morgan fingerprint density at radius 1 is 1.57 bits per heavy atom. The van der Waals surface area contributed by atoms with Crippen LogP contribution in [-0.2, 0) is 0 Å². The van der Waals surface area contributed by atoms with Crippen molar-refractivity contribution in [1.82, 2.24) is 5.32 Å². The van der Waals surface area contributed by atoms with Gasteiger partial charge in [0.25, 0.3) is 0 Å². The van der Waals surface area contributed by atoms with E-state index in [1.54, 1.807) is 11.8 Å². The van der Waals surface area contributed by atoms with E-state index in [1.807, 2.05) is 6.26 Å². The maximum Gasteiger partial charge on any atom is 0.0564 e. The average Bonchev–Trinajstić information content (AvgIpc) is 2.53. The minimum Gasteiger partial charge on any atom is -0.395 e. The van der Waals surface area contributed by atoms with Gasteiger partial charge in [0.15, 0.2) is 0 Å². The first-order valence-electron chi connectivity index (χ1n) is 5.32. The number of hydrogen-bond acceptors (Lipinski definition) is 4. The van der Waals surface area contributed by atoms with E-state index >= 15 is 0 Å². The summed E-state index contributed by atoms with van der Waals surface area (Å²) < 4.78 is 0. The second kappa shape index (κ2) is 5.95. The summed E-state index contributed by atoms with van der Waals surface area (Å²) in [5.41, 5.74) is 5.85. The fraction of sp³-hybridized carbons (Fsp3) is 1.00. The van der Waals surface area contributed by atoms with E-state index in [9.17, 15) is 0 Å². The third-order valence-corrected chi connectivity index (χ3v) is 4.17. The molecule has 1 aliphatic carbocycles. The lowest BCUT2D eigenvalue weighted by molar-refractivity contribution is 0.270. The van der Waals surface area contributed by atoms with Crippen LogP contribution in [-0.4, -0.2) is 41.3 Å². The average molecular weight is 218 g/mol. The molecule has 4 unspecified atom stereocenters. The van der Waals surface area contributed by atoms with Crippen molar-refractivity contribution in [2.75, 3.05) is 12.9 Å². The van der Waals surface area contributed by atoms with E-state index in [0.29, 0.717) is 23.4 Å². The monoisotopic (exact) mass is 218 g/mol. The van der Waals surface area contributed by atoms with Gasteiger partial charge in [-0.05, 0) is 32.4 Å². The summed E-state index contributed by atoms with van der Waals surface area (Å²) in [7, 11) is 0. The number of hydrogen-bond donors (Lipinski definition) is 3. The van der Waals surface area contributed by atoms with Crippen LogP contribution >= 0.6 is 11.8 Å². The molecule has 1 saturated carbocycles. The first-order chi connectivity index (χ1) is 6.67. The number of aliphatic hydroxyl groups is 1. The van der Waals surface area contributed by atoms with E-state index in [2.05, 4.69) is 12.2 Å². The minimum absolute atomic E-state index is 0.244. The zero-order valence-electron chi connectivity index (χ0n) is 9.07. The number of aliphatic hydroxyl groups excluding tert-OH is 1. The second-order valence-corrected chi connectivity index (χ2v) is 5.26. The van der Waals surface area contributed by atoms with Crippen LogP contribution in [0.3, 0.4) is 0 Å². The number of thioether (sulfide) groups is 1. The van der Waals surface area contributed by atoms with Crippen molar-refractivity contribution < 1.29 is 5.11 Å². The second-order valence-electron chi connectivity index (χ2n) is 4.18. The molecule has 0 aromatic carbocycles. The van der Waals surface area contributed by atoms with Gasteiger partial charge < -0.3 is 16.2 Å². The molecule has 3 nitrogen and oxygen atoms in total. The number of rotatable bonds is 5. The highest BCUT2D eigenvalue weighted by Crippen LogP contribution is 2.19. The van der Waals surface area contributed by atoms with Gasteiger partial charge in [-0.1, -0.05) is 0 Å². The number of nitrogens with one attached hydrogen (secondary N) is 1. The van der Waals surface area contributed by atoms with Crippen LogP contribution in [0.4, 0.5) is 0 Å². The lowest BCUT2D eigenvalue weighted by Crippen LogP contribution is -2.43. The highest BCUT2D eigenvalue weighted by atomic mass is 32.2. The van der Waals surface area contributed by atoms with Gasteiger partial charge >= 0.3 is 0 Å². The van der Waals surface area contributed by atoms with Crippen LogP contribution in [0.5, 0.6) is 0 Å². The molecule has 0 aliphatic heterocycles. The summed E-state index contributed by atoms with van der Waals surface area (Å²) in [6, 6.07) is 1.30. The Labute approximate surface area is 90.8 Å². The first kappa shape index (κ1) is 12.3. The molecule has 0 saturated heterocycles. The predicted molar refractivity (Wildman–Crippen MR) is 62.6 cm³/mol. The lowest BCUT2D eigenvalue weighted by Gasteiger charge is -2.25. The first-order valence-corrected chi connectivity index (χ1v) is 6.61. The Morgan fingerprint density at radius 2 is 2.29 bits per heavy atom. The Kier molecular flexibility index (Phi) is 5.23. The molecule has 84 valence electrons. The van der Waals surface area contributed by atoms with Crippen LogP contribution in [0.15, 0.2) is 0 Å². The van der Waals surface area contributed by atoms with E-state index in [1.165, 1.54) is 6.42 Å². The molecule has 1 aliphatic rings. The molecule has 1 fully saturated rings. The van der Waals surface area contributed by atoms with Crippen molar-refractivity contribution in [1.29, 1.82) is 0 Å². The Balaban J connectivity index is 2.28. The molecule has 4 atom stereocenters. The fourth-order valence-electron chi connectivity index (χ4n) is 2.08. The zero-order chi connectivity index (χ0) is 10.6. The molecule has 0 aromatic rings. The van der Waals surface area contributed by atoms with Gasteiger partial charge in [0.05, 0.1) is 6.61 Å². The normalized spacial score (nSPS) is 31.7. The van der Waals surface area contributed by atoms with Gasteiger partial charge in [0.1, 0.15) is 0 Å². The van der Waals surface area contributed by atoms with Crippen molar-refractivity contribution in [3.05, 3.63) is 0 Å². The largest absolute Gasteiger partial charge is 0.395 e. The minimum atomic E-state index is 0.244. The Morgan fingerprint density at radius 3 is 2.71 bits per heavy atom. The molecule has 0 aromatic heterocycles. The molecular weight excluding hydrogens is 196 g/mol. The zero-order valence-corrected chi connectivity index (χ0v) is 9.89. The molecule has 0 heterocycles. The summed E-state index contributed by atoms with van der Waals surface area (Å²) in [5.74, 6) is 0. The summed E-state index contributed by atoms with van der Waals surface area (Å²) in [6.45, 7) is 2.38. The van der Waals surface area contributed by atoms with Gasteiger partial charge in [0.2, 0.25) is 0 Å². The summed E-state index contributed by atoms with van der Waals surface area (Å²) in [5, 5.41) is 13.0. The van der Waals surface area contributed by atoms with Crippen molar-refractivity contribution in [3.63, 3.8) is 0 Å². The molecule has 4 heteroatoms. The van der Waals surface area contributed by atoms with Gasteiger partial charge in [-0.25, -0.2) is 0 Å². The molecule has 1 rings (SSSR count). The molecule has 4 N–H and O–H groups in total. The quantitative estimate of drug-likeness (QED) is 0.631. The van der Waals surface area contributed by atoms with E-state index in [4.69, 9.17) is 10.8 Å². The fourth-order valence-corrected chi connectivity index (χ4v) is 2.72. The maximum atomic E-state index is 9.14. The van der Waals surface area contributed by atoms with Crippen molar-refractivity contribution >= 4 is 11.8 Å². The maximum absolute atomic E-state index is 9.14. The highest BCUT2D eigenvalue weighted by molar-refractivity contribution is 7.99. The molecule has 0 amide bonds. The van der Waals surface area contributed by atoms with Crippen molar-refractivity contribution in [2.45, 2.75) is 49.6 Å². The van der Waals surface area contributed by atoms with Gasteiger partial charge in [-0.15, -0.1) is 0 Å². The SMILES string of the molecule is CSC(CO)C(C)NC1CCC(N)C1. The topological polar surface area (TPSA) is 58.3 Å². The van der Waals surface area contributed by atoms with Crippen LogP contribution in [0.25, 0.3) is 0 Å². The van der Waals surface area contributed by atoms with Crippen molar-refractivity contribution in [2.24, 2.45) is 5.73 Å². The summed E-state index contributed by atoms with van der Waals surface area (Å²) >= 11 is 1.72. The van der Waals surface area contributed by atoms with Crippen LogP contribution in [0, 0.1) is 0 Å². The molecule has 0 radical (unpaired) electrons. The highest BCUT2D eigenvalue weighted by Gasteiger charge is 2.25. The van der Waals surface area contributed by atoms with Gasteiger partial charge in [-0.2, -0.15) is 11.8 Å². The molecule has 0 spiro atoms. The molecule has 0 bridgehead atoms. The van der Waals surface area contributed by atoms with Crippen LogP contribution in [0.2, 0.25) is 0 Å². The lowest BCUT2D eigenvalue weighted by atomic mass is 10.1.